The lowest BCUT2D eigenvalue weighted by molar-refractivity contribution is -0.153. The van der Waals surface area contributed by atoms with Crippen LogP contribution in [0.1, 0.15) is 23.1 Å². The van der Waals surface area contributed by atoms with Gasteiger partial charge in [-0.1, -0.05) is 5.92 Å². The van der Waals surface area contributed by atoms with Gasteiger partial charge < -0.3 is 35.8 Å². The minimum atomic E-state index is -2.73. The summed E-state index contributed by atoms with van der Waals surface area (Å²) in [7, 11) is 7.66. The molecule has 39 heavy (non-hydrogen) atoms. The zero-order chi connectivity index (χ0) is 29.1. The van der Waals surface area contributed by atoms with Crippen molar-refractivity contribution < 1.29 is 44.3 Å². The molecule has 4 atom stereocenters. The van der Waals surface area contributed by atoms with Crippen molar-refractivity contribution in [2.45, 2.75) is 24.5 Å². The van der Waals surface area contributed by atoms with E-state index in [2.05, 4.69) is 16.6 Å². The van der Waals surface area contributed by atoms with E-state index in [4.69, 9.17) is 5.73 Å². The first-order valence-electron chi connectivity index (χ1n) is 12.0. The van der Waals surface area contributed by atoms with E-state index in [9.17, 15) is 39.6 Å². The van der Waals surface area contributed by atoms with E-state index >= 15 is 0 Å². The first kappa shape index (κ1) is 27.7. The van der Waals surface area contributed by atoms with E-state index < -0.39 is 69.8 Å². The van der Waals surface area contributed by atoms with Crippen molar-refractivity contribution in [3.63, 3.8) is 0 Å². The number of primary amides is 1. The van der Waals surface area contributed by atoms with E-state index in [0.717, 1.165) is 7.11 Å². The Bertz CT molecular complexity index is 1460. The van der Waals surface area contributed by atoms with Crippen LogP contribution in [0.25, 0.3) is 5.76 Å². The van der Waals surface area contributed by atoms with Crippen molar-refractivity contribution in [2.24, 2.45) is 17.6 Å². The Morgan fingerprint density at radius 2 is 1.79 bits per heavy atom. The highest BCUT2D eigenvalue weighted by Crippen LogP contribution is 2.54. The second-order valence-electron chi connectivity index (χ2n) is 10.2. The Kier molecular flexibility index (Phi) is 6.70. The number of rotatable bonds is 3. The molecule has 0 aliphatic heterocycles. The number of phenols is 1. The zero-order valence-electron chi connectivity index (χ0n) is 22.0. The molecule has 1 aromatic carbocycles. The van der Waals surface area contributed by atoms with Crippen LogP contribution in [0.15, 0.2) is 23.0 Å². The Hall–Kier alpha value is -4.34. The summed E-state index contributed by atoms with van der Waals surface area (Å²) in [6, 6.07) is 0.365. The summed E-state index contributed by atoms with van der Waals surface area (Å²) in [4.78, 5) is 53.9. The van der Waals surface area contributed by atoms with Crippen LogP contribution in [0.5, 0.6) is 5.75 Å². The van der Waals surface area contributed by atoms with Gasteiger partial charge in [-0.15, -0.1) is 0 Å². The highest BCUT2D eigenvalue weighted by molar-refractivity contribution is 6.24. The average Bonchev–Trinajstić information content (AvgIpc) is 2.84. The van der Waals surface area contributed by atoms with E-state index in [1.54, 1.807) is 19.0 Å². The fourth-order valence-corrected chi connectivity index (χ4v) is 5.96. The van der Waals surface area contributed by atoms with Gasteiger partial charge in [0.1, 0.15) is 22.8 Å². The molecule has 0 saturated heterocycles. The van der Waals surface area contributed by atoms with Gasteiger partial charge in [-0.05, 0) is 44.5 Å². The van der Waals surface area contributed by atoms with Crippen LogP contribution in [-0.4, -0.2) is 95.7 Å². The maximum Gasteiger partial charge on any atom is 0.384 e. The summed E-state index contributed by atoms with van der Waals surface area (Å²) in [5, 5.41) is 45.1. The molecule has 206 valence electrons. The van der Waals surface area contributed by atoms with Crippen LogP contribution in [0.2, 0.25) is 0 Å². The third kappa shape index (κ3) is 3.93. The second kappa shape index (κ2) is 9.44. The molecular formula is C27H29N3O9. The number of benzene rings is 1. The van der Waals surface area contributed by atoms with E-state index in [1.165, 1.54) is 25.1 Å². The van der Waals surface area contributed by atoms with Gasteiger partial charge >= 0.3 is 5.97 Å². The number of nitrogens with two attached hydrogens (primary N) is 1. The molecule has 1 fully saturated rings. The number of carbonyl (C=O) groups is 4. The first-order valence-corrected chi connectivity index (χ1v) is 12.0. The van der Waals surface area contributed by atoms with Gasteiger partial charge in [-0.3, -0.25) is 19.3 Å². The number of hydrogen-bond acceptors (Lipinski definition) is 11. The summed E-state index contributed by atoms with van der Waals surface area (Å²) in [5.41, 5.74) is 2.33. The van der Waals surface area contributed by atoms with Crippen molar-refractivity contribution in [3.8, 4) is 17.6 Å². The Balaban J connectivity index is 2.00. The number of aliphatic hydroxyl groups is 3. The number of anilines is 1. The van der Waals surface area contributed by atoms with Crippen molar-refractivity contribution in [1.29, 1.82) is 0 Å². The van der Waals surface area contributed by atoms with E-state index in [1.807, 2.05) is 0 Å². The highest BCUT2D eigenvalue weighted by Gasteiger charge is 2.64. The third-order valence-electron chi connectivity index (χ3n) is 7.66. The van der Waals surface area contributed by atoms with Gasteiger partial charge in [0, 0.05) is 37.2 Å². The van der Waals surface area contributed by atoms with Crippen molar-refractivity contribution in [1.82, 2.24) is 4.90 Å². The smallest absolute Gasteiger partial charge is 0.384 e. The topological polar surface area (TPSA) is 191 Å². The van der Waals surface area contributed by atoms with E-state index in [0.29, 0.717) is 11.3 Å². The van der Waals surface area contributed by atoms with Crippen molar-refractivity contribution in [3.05, 3.63) is 39.7 Å². The quantitative estimate of drug-likeness (QED) is 0.190. The van der Waals surface area contributed by atoms with Gasteiger partial charge in [0.2, 0.25) is 5.78 Å². The molecule has 0 spiro atoms. The molecule has 1 aromatic rings. The van der Waals surface area contributed by atoms with Crippen LogP contribution in [0, 0.1) is 23.7 Å². The molecule has 0 heterocycles. The molecule has 0 aromatic heterocycles. The fourth-order valence-electron chi connectivity index (χ4n) is 5.96. The maximum absolute atomic E-state index is 13.9. The number of aliphatic hydroxyl groups excluding tert-OH is 2. The first-order chi connectivity index (χ1) is 18.2. The number of Topliss-reactive ketones (excluding diaryl/α,β-unsaturated/α-hetero) is 2. The van der Waals surface area contributed by atoms with Gasteiger partial charge in [-0.25, -0.2) is 4.79 Å². The van der Waals surface area contributed by atoms with Gasteiger partial charge in [-0.2, -0.15) is 0 Å². The number of ketones is 2. The number of hydrogen-bond donors (Lipinski definition) is 5. The van der Waals surface area contributed by atoms with Crippen LogP contribution in [0.4, 0.5) is 5.69 Å². The number of likely N-dealkylation sites (N-methyl/N-ethyl adjacent to an activating group) is 1. The largest absolute Gasteiger partial charge is 0.508 e. The number of esters is 1. The molecule has 12 heteroatoms. The summed E-state index contributed by atoms with van der Waals surface area (Å²) in [5.74, 6) is -3.56. The average molecular weight is 540 g/mol. The van der Waals surface area contributed by atoms with Crippen molar-refractivity contribution in [2.75, 3.05) is 40.2 Å². The normalized spacial score (nSPS) is 25.9. The maximum atomic E-state index is 13.9. The molecule has 0 bridgehead atoms. The Labute approximate surface area is 223 Å². The minimum Gasteiger partial charge on any atom is -0.508 e. The monoisotopic (exact) mass is 539 g/mol. The lowest BCUT2D eigenvalue weighted by atomic mass is 9.57. The molecule has 3 aliphatic rings. The number of amides is 1. The molecule has 6 N–H and O–H groups in total. The highest BCUT2D eigenvalue weighted by atomic mass is 16.5. The molecule has 3 aliphatic carbocycles. The number of ether oxygens (including phenoxy) is 1. The lowest BCUT2D eigenvalue weighted by Gasteiger charge is -2.50. The predicted octanol–water partition coefficient (Wildman–Crippen LogP) is -0.445. The number of phenolic OH excluding ortho intramolecular Hbond substituents is 1. The number of methoxy groups -OCH3 is 1. The summed E-state index contributed by atoms with van der Waals surface area (Å²) >= 11 is 0. The van der Waals surface area contributed by atoms with Gasteiger partial charge in [0.15, 0.2) is 11.4 Å². The standard InChI is InChI=1S/C27H29N3O9/c1-29(2)15-10-11(6-7-16(31)39-5)21(32)18-13(15)8-12-9-14-20(30(3)4)23(34)19(26(28)37)25(36)27(14,38)24(35)17(12)22(18)33/h10,12,14,20,32-33,36,38H,8-9H2,1-5H3,(H2,28,37)/t12-,14-,20+,27+/m1/s1. The molecular weight excluding hydrogens is 510 g/mol. The number of nitrogens with zero attached hydrogens (tertiary/aromatic N) is 2. The number of fused-ring (bicyclic) bond motifs is 3. The molecule has 12 nitrogen and oxygen atoms in total. The van der Waals surface area contributed by atoms with Crippen LogP contribution >= 0.6 is 0 Å². The number of carbonyl (C=O) groups excluding carboxylic acids is 4. The predicted molar refractivity (Wildman–Crippen MR) is 137 cm³/mol. The Morgan fingerprint density at radius 3 is 2.33 bits per heavy atom. The molecule has 4 rings (SSSR count). The van der Waals surface area contributed by atoms with E-state index in [-0.39, 0.29) is 29.5 Å². The van der Waals surface area contributed by atoms with Crippen LogP contribution < -0.4 is 10.6 Å². The Morgan fingerprint density at radius 1 is 1.15 bits per heavy atom. The van der Waals surface area contributed by atoms with Crippen molar-refractivity contribution >= 4 is 34.9 Å². The number of aromatic hydroxyl groups is 1. The van der Waals surface area contributed by atoms with Crippen LogP contribution in [-0.2, 0) is 30.3 Å². The second-order valence-corrected chi connectivity index (χ2v) is 10.2. The molecule has 0 unspecified atom stereocenters. The summed E-state index contributed by atoms with van der Waals surface area (Å²) in [6.07, 6.45) is 0.101. The third-order valence-corrected chi connectivity index (χ3v) is 7.66. The molecule has 1 amide bonds. The summed E-state index contributed by atoms with van der Waals surface area (Å²) < 4.78 is 4.51. The lowest BCUT2D eigenvalue weighted by Crippen LogP contribution is -2.65. The van der Waals surface area contributed by atoms with Crippen LogP contribution in [0.3, 0.4) is 0 Å². The summed E-state index contributed by atoms with van der Waals surface area (Å²) in [6.45, 7) is 0. The minimum absolute atomic E-state index is 0.0245. The SMILES string of the molecule is COC(=O)C#Cc1cc(N(C)C)c2c(c1O)C(O)=C1C(=O)[C@]3(O)C(O)=C(C(N)=O)C(=O)[C@@H](N(C)C)[C@H]3C[C@H]1C2. The molecule has 0 radical (unpaired) electrons. The fraction of sp³-hybridized carbons (Fsp3) is 0.407. The van der Waals surface area contributed by atoms with Gasteiger partial charge in [0.05, 0.1) is 24.3 Å². The molecule has 1 saturated carbocycles. The zero-order valence-corrected chi connectivity index (χ0v) is 22.0. The van der Waals surface area contributed by atoms with Gasteiger partial charge in [0.25, 0.3) is 5.91 Å².